The van der Waals surface area contributed by atoms with Crippen molar-refractivity contribution in [2.75, 3.05) is 6.61 Å². The molecule has 4 nitrogen and oxygen atoms in total. The lowest BCUT2D eigenvalue weighted by Gasteiger charge is -2.08. The van der Waals surface area contributed by atoms with E-state index < -0.39 is 12.1 Å². The van der Waals surface area contributed by atoms with Crippen molar-refractivity contribution < 1.29 is 19.7 Å². The molecule has 0 aromatic rings. The van der Waals surface area contributed by atoms with Crippen molar-refractivity contribution in [1.29, 1.82) is 0 Å². The predicted octanol–water partition coefficient (Wildman–Crippen LogP) is 0.852. The lowest BCUT2D eigenvalue weighted by Crippen LogP contribution is -2.19. The molecular formula is C10H20O4. The Morgan fingerprint density at radius 1 is 1.36 bits per heavy atom. The highest BCUT2D eigenvalue weighted by Crippen LogP contribution is 2.04. The fourth-order valence-electron chi connectivity index (χ4n) is 0.980. The van der Waals surface area contributed by atoms with Crippen LogP contribution in [0.4, 0.5) is 0 Å². The average Bonchev–Trinajstić information content (AvgIpc) is 2.16. The van der Waals surface area contributed by atoms with E-state index in [1.165, 1.54) is 6.92 Å². The Bertz CT molecular complexity index is 156. The Labute approximate surface area is 84.9 Å². The first-order chi connectivity index (χ1) is 6.57. The largest absolute Gasteiger partial charge is 0.464 e. The number of hydrogen-bond donors (Lipinski definition) is 2. The van der Waals surface area contributed by atoms with Crippen molar-refractivity contribution in [3.8, 4) is 0 Å². The summed E-state index contributed by atoms with van der Waals surface area (Å²) in [6.07, 6.45) is 1.77. The molecule has 0 aliphatic carbocycles. The van der Waals surface area contributed by atoms with E-state index in [4.69, 9.17) is 9.84 Å². The van der Waals surface area contributed by atoms with E-state index in [0.29, 0.717) is 6.61 Å². The molecule has 0 fully saturated rings. The zero-order valence-corrected chi connectivity index (χ0v) is 8.90. The van der Waals surface area contributed by atoms with Crippen LogP contribution in [0.2, 0.25) is 0 Å². The summed E-state index contributed by atoms with van der Waals surface area (Å²) in [5.74, 6) is -0.582. The van der Waals surface area contributed by atoms with Crippen LogP contribution in [0, 0.1) is 0 Å². The van der Waals surface area contributed by atoms with Crippen molar-refractivity contribution in [2.45, 2.75) is 51.7 Å². The van der Waals surface area contributed by atoms with Gasteiger partial charge in [0.15, 0.2) is 0 Å². The van der Waals surface area contributed by atoms with Crippen LogP contribution in [0.1, 0.15) is 39.5 Å². The van der Waals surface area contributed by atoms with Crippen LogP contribution in [-0.4, -0.2) is 35.0 Å². The zero-order chi connectivity index (χ0) is 11.0. The number of rotatable bonds is 7. The predicted molar refractivity (Wildman–Crippen MR) is 52.8 cm³/mol. The third-order valence-corrected chi connectivity index (χ3v) is 1.99. The summed E-state index contributed by atoms with van der Waals surface area (Å²) < 4.78 is 4.75. The van der Waals surface area contributed by atoms with Crippen molar-refractivity contribution in [3.63, 3.8) is 0 Å². The van der Waals surface area contributed by atoms with E-state index in [9.17, 15) is 9.90 Å². The molecule has 0 heterocycles. The third-order valence-electron chi connectivity index (χ3n) is 1.99. The molecule has 0 aromatic heterocycles. The number of hydrogen-bond acceptors (Lipinski definition) is 4. The van der Waals surface area contributed by atoms with Gasteiger partial charge in [0.2, 0.25) is 0 Å². The maximum atomic E-state index is 10.8. The molecule has 0 radical (unpaired) electrons. The van der Waals surface area contributed by atoms with E-state index in [1.54, 1.807) is 0 Å². The van der Waals surface area contributed by atoms with Gasteiger partial charge in [0, 0.05) is 0 Å². The fourth-order valence-corrected chi connectivity index (χ4v) is 0.980. The van der Waals surface area contributed by atoms with Gasteiger partial charge in [-0.2, -0.15) is 0 Å². The Morgan fingerprint density at radius 2 is 2.00 bits per heavy atom. The van der Waals surface area contributed by atoms with Crippen LogP contribution in [0.3, 0.4) is 0 Å². The first-order valence-corrected chi connectivity index (χ1v) is 5.10. The molecule has 84 valence electrons. The van der Waals surface area contributed by atoms with Crippen molar-refractivity contribution in [3.05, 3.63) is 0 Å². The summed E-state index contributed by atoms with van der Waals surface area (Å²) in [7, 11) is 0. The molecule has 0 spiro atoms. The lowest BCUT2D eigenvalue weighted by molar-refractivity contribution is -0.152. The molecule has 0 saturated heterocycles. The SMILES string of the molecule is CCC(O)CCCCOC(=O)C(C)O. The third kappa shape index (κ3) is 6.86. The molecule has 0 aliphatic heterocycles. The van der Waals surface area contributed by atoms with Gasteiger partial charge in [-0.15, -0.1) is 0 Å². The fraction of sp³-hybridized carbons (Fsp3) is 0.900. The van der Waals surface area contributed by atoms with Crippen LogP contribution in [-0.2, 0) is 9.53 Å². The van der Waals surface area contributed by atoms with Gasteiger partial charge in [0.25, 0.3) is 0 Å². The second-order valence-electron chi connectivity index (χ2n) is 3.40. The number of carbonyl (C=O) groups excluding carboxylic acids is 1. The van der Waals surface area contributed by atoms with Gasteiger partial charge in [0.05, 0.1) is 12.7 Å². The second kappa shape index (κ2) is 7.76. The zero-order valence-electron chi connectivity index (χ0n) is 8.90. The topological polar surface area (TPSA) is 66.8 Å². The van der Waals surface area contributed by atoms with E-state index in [0.717, 1.165) is 25.7 Å². The summed E-state index contributed by atoms with van der Waals surface area (Å²) in [6.45, 7) is 3.63. The van der Waals surface area contributed by atoms with Crippen molar-refractivity contribution in [1.82, 2.24) is 0 Å². The van der Waals surface area contributed by atoms with E-state index in [2.05, 4.69) is 0 Å². The van der Waals surface area contributed by atoms with Crippen LogP contribution >= 0.6 is 0 Å². The summed E-state index contributed by atoms with van der Waals surface area (Å²) >= 11 is 0. The second-order valence-corrected chi connectivity index (χ2v) is 3.40. The summed E-state index contributed by atoms with van der Waals surface area (Å²) in [5, 5.41) is 18.0. The Balaban J connectivity index is 3.26. The highest BCUT2D eigenvalue weighted by molar-refractivity contribution is 5.73. The molecule has 0 aliphatic rings. The van der Waals surface area contributed by atoms with Gasteiger partial charge in [-0.1, -0.05) is 6.92 Å². The highest BCUT2D eigenvalue weighted by Gasteiger charge is 2.09. The van der Waals surface area contributed by atoms with Crippen LogP contribution < -0.4 is 0 Å². The molecule has 2 unspecified atom stereocenters. The Kier molecular flexibility index (Phi) is 7.42. The smallest absolute Gasteiger partial charge is 0.334 e. The first kappa shape index (κ1) is 13.4. The molecule has 14 heavy (non-hydrogen) atoms. The van der Waals surface area contributed by atoms with E-state index in [-0.39, 0.29) is 6.10 Å². The molecule has 0 bridgehead atoms. The standard InChI is InChI=1S/C10H20O4/c1-3-9(12)6-4-5-7-14-10(13)8(2)11/h8-9,11-12H,3-7H2,1-2H3. The Morgan fingerprint density at radius 3 is 2.50 bits per heavy atom. The van der Waals surface area contributed by atoms with Gasteiger partial charge in [-0.3, -0.25) is 0 Å². The average molecular weight is 204 g/mol. The minimum atomic E-state index is -1.05. The maximum Gasteiger partial charge on any atom is 0.334 e. The van der Waals surface area contributed by atoms with Gasteiger partial charge in [0.1, 0.15) is 6.10 Å². The van der Waals surface area contributed by atoms with E-state index in [1.807, 2.05) is 6.92 Å². The summed E-state index contributed by atoms with van der Waals surface area (Å²) in [6, 6.07) is 0. The van der Waals surface area contributed by atoms with Gasteiger partial charge < -0.3 is 14.9 Å². The molecular weight excluding hydrogens is 184 g/mol. The molecule has 0 amide bonds. The molecule has 4 heteroatoms. The quantitative estimate of drug-likeness (QED) is 0.476. The highest BCUT2D eigenvalue weighted by atomic mass is 16.5. The summed E-state index contributed by atoms with van der Waals surface area (Å²) in [5.41, 5.74) is 0. The van der Waals surface area contributed by atoms with Crippen LogP contribution in [0.15, 0.2) is 0 Å². The van der Waals surface area contributed by atoms with Crippen molar-refractivity contribution >= 4 is 5.97 Å². The number of aliphatic hydroxyl groups is 2. The van der Waals surface area contributed by atoms with Gasteiger partial charge in [-0.25, -0.2) is 4.79 Å². The van der Waals surface area contributed by atoms with Gasteiger partial charge in [-0.05, 0) is 32.6 Å². The van der Waals surface area contributed by atoms with Crippen molar-refractivity contribution in [2.24, 2.45) is 0 Å². The molecule has 2 N–H and O–H groups in total. The minimum Gasteiger partial charge on any atom is -0.464 e. The number of unbranched alkanes of at least 4 members (excludes halogenated alkanes) is 1. The first-order valence-electron chi connectivity index (χ1n) is 5.10. The van der Waals surface area contributed by atoms with Crippen LogP contribution in [0.5, 0.6) is 0 Å². The normalized spacial score (nSPS) is 14.9. The molecule has 0 saturated carbocycles. The monoisotopic (exact) mass is 204 g/mol. The number of ether oxygens (including phenoxy) is 1. The molecule has 0 rings (SSSR count). The minimum absolute atomic E-state index is 0.248. The number of carbonyl (C=O) groups is 1. The van der Waals surface area contributed by atoms with Crippen LogP contribution in [0.25, 0.3) is 0 Å². The molecule has 2 atom stereocenters. The lowest BCUT2D eigenvalue weighted by atomic mass is 10.1. The van der Waals surface area contributed by atoms with Gasteiger partial charge >= 0.3 is 5.97 Å². The number of aliphatic hydroxyl groups excluding tert-OH is 2. The molecule has 0 aromatic carbocycles. The number of esters is 1. The Hall–Kier alpha value is -0.610. The maximum absolute atomic E-state index is 10.8. The van der Waals surface area contributed by atoms with E-state index >= 15 is 0 Å². The summed E-state index contributed by atoms with van der Waals surface area (Å²) in [4.78, 5) is 10.8.